The molecule has 0 unspecified atom stereocenters. The molecule has 130 valence electrons. The Hall–Kier alpha value is -0.950. The van der Waals surface area contributed by atoms with Crippen LogP contribution in [0, 0.1) is 6.92 Å². The molecule has 0 bridgehead atoms. The van der Waals surface area contributed by atoms with Crippen molar-refractivity contribution in [2.24, 2.45) is 0 Å². The normalized spacial score (nSPS) is 25.7. The van der Waals surface area contributed by atoms with Gasteiger partial charge in [-0.2, -0.15) is 0 Å². The lowest BCUT2D eigenvalue weighted by Gasteiger charge is -2.23. The number of nitrogens with zero attached hydrogens (tertiary/aromatic N) is 3. The van der Waals surface area contributed by atoms with E-state index < -0.39 is 0 Å². The van der Waals surface area contributed by atoms with Crippen LogP contribution in [-0.4, -0.2) is 73.4 Å². The van der Waals surface area contributed by atoms with Crippen molar-refractivity contribution in [1.82, 2.24) is 14.8 Å². The lowest BCUT2D eigenvalue weighted by atomic mass is 10.2. The van der Waals surface area contributed by atoms with Gasteiger partial charge in [0, 0.05) is 25.7 Å². The summed E-state index contributed by atoms with van der Waals surface area (Å²) in [5.41, 5.74) is 0. The fourth-order valence-corrected chi connectivity index (χ4v) is 3.38. The molecule has 2 fully saturated rings. The second-order valence-electron chi connectivity index (χ2n) is 6.73. The fraction of sp³-hybridized carbons (Fsp3) is 0.824. The van der Waals surface area contributed by atoms with Gasteiger partial charge in [-0.15, -0.1) is 0 Å². The van der Waals surface area contributed by atoms with Gasteiger partial charge in [0.2, 0.25) is 5.89 Å². The molecular formula is C17H29N3O3. The second-order valence-corrected chi connectivity index (χ2v) is 6.73. The van der Waals surface area contributed by atoms with E-state index in [2.05, 4.69) is 21.8 Å². The maximum absolute atomic E-state index is 5.77. The van der Waals surface area contributed by atoms with E-state index >= 15 is 0 Å². The zero-order valence-electron chi connectivity index (χ0n) is 14.4. The molecule has 2 atom stereocenters. The summed E-state index contributed by atoms with van der Waals surface area (Å²) in [4.78, 5) is 9.12. The Morgan fingerprint density at radius 3 is 3.09 bits per heavy atom. The third-order valence-electron chi connectivity index (χ3n) is 4.80. The van der Waals surface area contributed by atoms with Gasteiger partial charge < -0.3 is 13.9 Å². The molecule has 2 aliphatic heterocycles. The monoisotopic (exact) mass is 323 g/mol. The molecule has 2 saturated heterocycles. The number of hydrogen-bond donors (Lipinski definition) is 0. The summed E-state index contributed by atoms with van der Waals surface area (Å²) in [5, 5.41) is 0. The van der Waals surface area contributed by atoms with Crippen LogP contribution in [0.2, 0.25) is 0 Å². The molecule has 1 aromatic rings. The third kappa shape index (κ3) is 5.01. The number of likely N-dealkylation sites (N-methyl/N-ethyl adjacent to an activating group) is 1. The van der Waals surface area contributed by atoms with E-state index in [1.54, 1.807) is 6.20 Å². The average Bonchev–Trinajstić information content (AvgIpc) is 3.25. The summed E-state index contributed by atoms with van der Waals surface area (Å²) < 4.78 is 16.9. The molecule has 0 spiro atoms. The number of rotatable bonds is 8. The van der Waals surface area contributed by atoms with Crippen molar-refractivity contribution in [3.05, 3.63) is 17.8 Å². The number of hydrogen-bond acceptors (Lipinski definition) is 6. The standard InChI is InChI=1S/C17H29N3O3/c1-14-10-18-17(23-14)12-19(2)15-5-6-20(11-15)7-9-21-13-16-4-3-8-22-16/h10,15-16H,3-9,11-13H2,1-2H3/t15-,16+/m0/s1. The largest absolute Gasteiger partial charge is 0.445 e. The van der Waals surface area contributed by atoms with Gasteiger partial charge in [0.25, 0.3) is 0 Å². The first-order chi connectivity index (χ1) is 11.2. The maximum Gasteiger partial charge on any atom is 0.208 e. The number of aromatic nitrogens is 1. The highest BCUT2D eigenvalue weighted by Crippen LogP contribution is 2.17. The van der Waals surface area contributed by atoms with Crippen LogP contribution in [0.15, 0.2) is 10.6 Å². The van der Waals surface area contributed by atoms with Crippen molar-refractivity contribution in [3.63, 3.8) is 0 Å². The van der Waals surface area contributed by atoms with Crippen LogP contribution in [0.1, 0.15) is 30.9 Å². The second kappa shape index (κ2) is 8.24. The molecule has 0 aliphatic carbocycles. The highest BCUT2D eigenvalue weighted by Gasteiger charge is 2.26. The van der Waals surface area contributed by atoms with E-state index in [4.69, 9.17) is 13.9 Å². The Balaban J connectivity index is 1.31. The van der Waals surface area contributed by atoms with E-state index in [1.165, 1.54) is 12.8 Å². The minimum absolute atomic E-state index is 0.330. The third-order valence-corrected chi connectivity index (χ3v) is 4.80. The average molecular weight is 323 g/mol. The van der Waals surface area contributed by atoms with Gasteiger partial charge >= 0.3 is 0 Å². The zero-order chi connectivity index (χ0) is 16.1. The minimum atomic E-state index is 0.330. The number of ether oxygens (including phenoxy) is 2. The van der Waals surface area contributed by atoms with Crippen molar-refractivity contribution >= 4 is 0 Å². The van der Waals surface area contributed by atoms with Crippen LogP contribution in [0.5, 0.6) is 0 Å². The Morgan fingerprint density at radius 2 is 2.35 bits per heavy atom. The molecule has 0 saturated carbocycles. The van der Waals surface area contributed by atoms with Crippen LogP contribution in [-0.2, 0) is 16.0 Å². The minimum Gasteiger partial charge on any atom is -0.445 e. The Morgan fingerprint density at radius 1 is 1.43 bits per heavy atom. The van der Waals surface area contributed by atoms with Gasteiger partial charge in [0.15, 0.2) is 0 Å². The molecular weight excluding hydrogens is 294 g/mol. The van der Waals surface area contributed by atoms with Gasteiger partial charge in [0.1, 0.15) is 5.76 Å². The van der Waals surface area contributed by atoms with Crippen LogP contribution >= 0.6 is 0 Å². The molecule has 3 rings (SSSR count). The lowest BCUT2D eigenvalue weighted by Crippen LogP contribution is -2.35. The van der Waals surface area contributed by atoms with Gasteiger partial charge in [-0.25, -0.2) is 4.98 Å². The summed E-state index contributed by atoms with van der Waals surface area (Å²) in [5.74, 6) is 1.69. The first kappa shape index (κ1) is 16.9. The molecule has 6 heteroatoms. The van der Waals surface area contributed by atoms with Crippen molar-refractivity contribution in [2.45, 2.75) is 44.9 Å². The highest BCUT2D eigenvalue weighted by atomic mass is 16.5. The first-order valence-electron chi connectivity index (χ1n) is 8.74. The Labute approximate surface area is 138 Å². The van der Waals surface area contributed by atoms with Crippen molar-refractivity contribution < 1.29 is 13.9 Å². The lowest BCUT2D eigenvalue weighted by molar-refractivity contribution is 0.0116. The Kier molecular flexibility index (Phi) is 6.05. The van der Waals surface area contributed by atoms with Crippen molar-refractivity contribution in [2.75, 3.05) is 46.5 Å². The van der Waals surface area contributed by atoms with Gasteiger partial charge in [-0.05, 0) is 39.8 Å². The zero-order valence-corrected chi connectivity index (χ0v) is 14.4. The quantitative estimate of drug-likeness (QED) is 0.679. The molecule has 0 amide bonds. The van der Waals surface area contributed by atoms with Gasteiger partial charge in [-0.3, -0.25) is 9.80 Å². The summed E-state index contributed by atoms with van der Waals surface area (Å²) in [7, 11) is 2.15. The van der Waals surface area contributed by atoms with Crippen LogP contribution < -0.4 is 0 Å². The fourth-order valence-electron chi connectivity index (χ4n) is 3.38. The van der Waals surface area contributed by atoms with E-state index in [1.807, 2.05) is 6.92 Å². The predicted octanol–water partition coefficient (Wildman–Crippen LogP) is 1.68. The summed E-state index contributed by atoms with van der Waals surface area (Å²) in [6.45, 7) is 8.41. The summed E-state index contributed by atoms with van der Waals surface area (Å²) in [6.07, 6.45) is 5.64. The molecule has 0 radical (unpaired) electrons. The number of aryl methyl sites for hydroxylation is 1. The SMILES string of the molecule is Cc1cnc(CN(C)[C@H]2CCN(CCOC[C@H]3CCCO3)C2)o1. The van der Waals surface area contributed by atoms with Crippen molar-refractivity contribution in [3.8, 4) is 0 Å². The van der Waals surface area contributed by atoms with E-state index in [0.29, 0.717) is 12.1 Å². The van der Waals surface area contributed by atoms with Gasteiger partial charge in [0.05, 0.1) is 32.1 Å². The van der Waals surface area contributed by atoms with Crippen LogP contribution in [0.3, 0.4) is 0 Å². The summed E-state index contributed by atoms with van der Waals surface area (Å²) >= 11 is 0. The molecule has 23 heavy (non-hydrogen) atoms. The number of oxazole rings is 1. The Bertz CT molecular complexity index is 473. The van der Waals surface area contributed by atoms with E-state index in [9.17, 15) is 0 Å². The molecule has 3 heterocycles. The highest BCUT2D eigenvalue weighted by molar-refractivity contribution is 4.92. The molecule has 2 aliphatic rings. The molecule has 0 N–H and O–H groups in total. The van der Waals surface area contributed by atoms with Crippen molar-refractivity contribution in [1.29, 1.82) is 0 Å². The topological polar surface area (TPSA) is 51.0 Å². The molecule has 1 aromatic heterocycles. The van der Waals surface area contributed by atoms with Gasteiger partial charge in [-0.1, -0.05) is 0 Å². The summed E-state index contributed by atoms with van der Waals surface area (Å²) in [6, 6.07) is 0.570. The number of likely N-dealkylation sites (tertiary alicyclic amines) is 1. The van der Waals surface area contributed by atoms with Crippen LogP contribution in [0.25, 0.3) is 0 Å². The smallest absolute Gasteiger partial charge is 0.208 e. The maximum atomic E-state index is 5.77. The molecule has 6 nitrogen and oxygen atoms in total. The van der Waals surface area contributed by atoms with E-state index in [-0.39, 0.29) is 0 Å². The first-order valence-corrected chi connectivity index (χ1v) is 8.74. The molecule has 0 aromatic carbocycles. The van der Waals surface area contributed by atoms with E-state index in [0.717, 1.165) is 64.1 Å². The van der Waals surface area contributed by atoms with Crippen LogP contribution in [0.4, 0.5) is 0 Å². The predicted molar refractivity (Wildman–Crippen MR) is 87.3 cm³/mol.